The maximum absolute atomic E-state index is 5.77. The van der Waals surface area contributed by atoms with E-state index in [4.69, 9.17) is 22.8 Å². The van der Waals surface area contributed by atoms with Crippen LogP contribution < -0.4 is 10.1 Å². The SMILES string of the molecule is C#CCC(C)Nc1nc(Cl)nc(OCCC)n1. The number of halogens is 1. The summed E-state index contributed by atoms with van der Waals surface area (Å²) < 4.78 is 5.29. The molecule has 0 amide bonds. The first-order valence-corrected chi connectivity index (χ1v) is 5.77. The molecule has 5 nitrogen and oxygen atoms in total. The van der Waals surface area contributed by atoms with Crippen LogP contribution in [0, 0.1) is 12.3 Å². The van der Waals surface area contributed by atoms with Gasteiger partial charge in [0.2, 0.25) is 11.2 Å². The molecule has 0 aliphatic rings. The van der Waals surface area contributed by atoms with E-state index in [1.807, 2.05) is 13.8 Å². The van der Waals surface area contributed by atoms with Gasteiger partial charge in [-0.3, -0.25) is 0 Å². The van der Waals surface area contributed by atoms with E-state index in [2.05, 4.69) is 26.2 Å². The highest BCUT2D eigenvalue weighted by Gasteiger charge is 2.08. The van der Waals surface area contributed by atoms with Crippen molar-refractivity contribution < 1.29 is 4.74 Å². The van der Waals surface area contributed by atoms with Crippen LogP contribution in [-0.4, -0.2) is 27.6 Å². The molecule has 0 radical (unpaired) electrons. The third-order valence-corrected chi connectivity index (χ3v) is 1.99. The largest absolute Gasteiger partial charge is 0.463 e. The Kier molecular flexibility index (Phi) is 5.50. The fourth-order valence-corrected chi connectivity index (χ4v) is 1.25. The van der Waals surface area contributed by atoms with Crippen LogP contribution in [-0.2, 0) is 0 Å². The van der Waals surface area contributed by atoms with Gasteiger partial charge in [0.25, 0.3) is 0 Å². The minimum atomic E-state index is 0.0671. The molecular weight excluding hydrogens is 240 g/mol. The molecule has 0 bridgehead atoms. The lowest BCUT2D eigenvalue weighted by atomic mass is 10.2. The highest BCUT2D eigenvalue weighted by atomic mass is 35.5. The minimum absolute atomic E-state index is 0.0671. The van der Waals surface area contributed by atoms with Crippen molar-refractivity contribution in [3.63, 3.8) is 0 Å². The van der Waals surface area contributed by atoms with Crippen molar-refractivity contribution in [2.24, 2.45) is 0 Å². The second-order valence-electron chi connectivity index (χ2n) is 3.51. The van der Waals surface area contributed by atoms with Crippen molar-refractivity contribution in [1.82, 2.24) is 15.0 Å². The molecule has 92 valence electrons. The molecule has 0 aliphatic heterocycles. The Hall–Kier alpha value is -1.54. The summed E-state index contributed by atoms with van der Waals surface area (Å²) in [5.41, 5.74) is 0. The molecule has 0 saturated carbocycles. The first-order valence-electron chi connectivity index (χ1n) is 5.40. The molecule has 1 aromatic rings. The van der Waals surface area contributed by atoms with Gasteiger partial charge >= 0.3 is 6.01 Å². The van der Waals surface area contributed by atoms with Crippen LogP contribution in [0.5, 0.6) is 6.01 Å². The summed E-state index contributed by atoms with van der Waals surface area (Å²) in [6.45, 7) is 4.47. The number of terminal acetylenes is 1. The minimum Gasteiger partial charge on any atom is -0.463 e. The van der Waals surface area contributed by atoms with E-state index in [1.165, 1.54) is 0 Å². The van der Waals surface area contributed by atoms with Crippen LogP contribution in [0.2, 0.25) is 5.28 Å². The van der Waals surface area contributed by atoms with Gasteiger partial charge in [-0.2, -0.15) is 15.0 Å². The zero-order chi connectivity index (χ0) is 12.7. The van der Waals surface area contributed by atoms with E-state index < -0.39 is 0 Å². The van der Waals surface area contributed by atoms with E-state index in [0.717, 1.165) is 6.42 Å². The summed E-state index contributed by atoms with van der Waals surface area (Å²) >= 11 is 5.77. The van der Waals surface area contributed by atoms with Gasteiger partial charge in [-0.1, -0.05) is 6.92 Å². The van der Waals surface area contributed by atoms with Gasteiger partial charge in [-0.25, -0.2) is 0 Å². The molecule has 1 N–H and O–H groups in total. The smallest absolute Gasteiger partial charge is 0.322 e. The molecule has 1 aromatic heterocycles. The van der Waals surface area contributed by atoms with Crippen LogP contribution in [0.15, 0.2) is 0 Å². The number of aromatic nitrogens is 3. The standard InChI is InChI=1S/C11H15ClN4O/c1-4-6-8(3)13-10-14-9(12)15-11(16-10)17-7-5-2/h1,8H,5-7H2,2-3H3,(H,13,14,15,16). The lowest BCUT2D eigenvalue weighted by molar-refractivity contribution is 0.291. The normalized spacial score (nSPS) is 11.6. The van der Waals surface area contributed by atoms with Crippen molar-refractivity contribution in [2.45, 2.75) is 32.7 Å². The van der Waals surface area contributed by atoms with Gasteiger partial charge in [0.05, 0.1) is 6.61 Å². The lowest BCUT2D eigenvalue weighted by Gasteiger charge is -2.11. The maximum Gasteiger partial charge on any atom is 0.322 e. The van der Waals surface area contributed by atoms with E-state index in [-0.39, 0.29) is 17.3 Å². The first kappa shape index (κ1) is 13.5. The van der Waals surface area contributed by atoms with Gasteiger partial charge in [0.1, 0.15) is 0 Å². The molecule has 0 fully saturated rings. The number of hydrogen-bond acceptors (Lipinski definition) is 5. The highest BCUT2D eigenvalue weighted by molar-refractivity contribution is 6.28. The fourth-order valence-electron chi connectivity index (χ4n) is 1.10. The van der Waals surface area contributed by atoms with Gasteiger partial charge < -0.3 is 10.1 Å². The number of nitrogens with zero attached hydrogens (tertiary/aromatic N) is 3. The van der Waals surface area contributed by atoms with Gasteiger partial charge in [0.15, 0.2) is 0 Å². The Morgan fingerprint density at radius 1 is 1.47 bits per heavy atom. The second kappa shape index (κ2) is 6.92. The van der Waals surface area contributed by atoms with Crippen LogP contribution in [0.1, 0.15) is 26.7 Å². The average molecular weight is 255 g/mol. The fraction of sp³-hybridized carbons (Fsp3) is 0.545. The monoisotopic (exact) mass is 254 g/mol. The Morgan fingerprint density at radius 3 is 2.88 bits per heavy atom. The molecule has 0 spiro atoms. The average Bonchev–Trinajstić information content (AvgIpc) is 2.25. The molecule has 1 unspecified atom stereocenters. The lowest BCUT2D eigenvalue weighted by Crippen LogP contribution is -2.17. The Bertz CT molecular complexity index is 405. The van der Waals surface area contributed by atoms with Crippen molar-refractivity contribution in [3.8, 4) is 18.4 Å². The number of anilines is 1. The number of ether oxygens (including phenoxy) is 1. The van der Waals surface area contributed by atoms with Crippen LogP contribution in [0.3, 0.4) is 0 Å². The molecule has 17 heavy (non-hydrogen) atoms. The third kappa shape index (κ3) is 4.87. The van der Waals surface area contributed by atoms with Crippen molar-refractivity contribution in [3.05, 3.63) is 5.28 Å². The summed E-state index contributed by atoms with van der Waals surface area (Å²) in [6.07, 6.45) is 6.67. The molecule has 0 aromatic carbocycles. The van der Waals surface area contributed by atoms with Gasteiger partial charge in [0, 0.05) is 12.5 Å². The van der Waals surface area contributed by atoms with E-state index in [0.29, 0.717) is 19.0 Å². The van der Waals surface area contributed by atoms with Crippen LogP contribution in [0.25, 0.3) is 0 Å². The Morgan fingerprint density at radius 2 is 2.24 bits per heavy atom. The van der Waals surface area contributed by atoms with Gasteiger partial charge in [-0.05, 0) is 24.9 Å². The summed E-state index contributed by atoms with van der Waals surface area (Å²) in [5, 5.41) is 3.13. The van der Waals surface area contributed by atoms with Gasteiger partial charge in [-0.15, -0.1) is 12.3 Å². The number of rotatable bonds is 6. The second-order valence-corrected chi connectivity index (χ2v) is 3.85. The van der Waals surface area contributed by atoms with E-state index in [9.17, 15) is 0 Å². The highest BCUT2D eigenvalue weighted by Crippen LogP contribution is 2.12. The maximum atomic E-state index is 5.77. The molecule has 1 atom stereocenters. The molecular formula is C11H15ClN4O. The first-order chi connectivity index (χ1) is 8.15. The summed E-state index contributed by atoms with van der Waals surface area (Å²) in [7, 11) is 0. The topological polar surface area (TPSA) is 59.9 Å². The molecule has 0 saturated heterocycles. The van der Waals surface area contributed by atoms with Crippen molar-refractivity contribution in [2.75, 3.05) is 11.9 Å². The Balaban J connectivity index is 2.72. The zero-order valence-corrected chi connectivity index (χ0v) is 10.7. The molecule has 0 aliphatic carbocycles. The zero-order valence-electron chi connectivity index (χ0n) is 9.90. The van der Waals surface area contributed by atoms with Crippen molar-refractivity contribution >= 4 is 17.5 Å². The predicted octanol–water partition coefficient (Wildman–Crippen LogP) is 2.14. The van der Waals surface area contributed by atoms with Crippen LogP contribution >= 0.6 is 11.6 Å². The summed E-state index contributed by atoms with van der Waals surface area (Å²) in [6, 6.07) is 0.291. The number of nitrogens with one attached hydrogen (secondary N) is 1. The molecule has 6 heteroatoms. The summed E-state index contributed by atoms with van der Waals surface area (Å²) in [5.74, 6) is 2.93. The molecule has 1 heterocycles. The Labute approximate surface area is 106 Å². The van der Waals surface area contributed by atoms with E-state index in [1.54, 1.807) is 0 Å². The molecule has 1 rings (SSSR count). The predicted molar refractivity (Wildman–Crippen MR) is 67.2 cm³/mol. The summed E-state index contributed by atoms with van der Waals surface area (Å²) in [4.78, 5) is 11.9. The number of hydrogen-bond donors (Lipinski definition) is 1. The van der Waals surface area contributed by atoms with Crippen LogP contribution in [0.4, 0.5) is 5.95 Å². The van der Waals surface area contributed by atoms with E-state index >= 15 is 0 Å². The quantitative estimate of drug-likeness (QED) is 0.788. The third-order valence-electron chi connectivity index (χ3n) is 1.82. The van der Waals surface area contributed by atoms with Crippen molar-refractivity contribution in [1.29, 1.82) is 0 Å².